The monoisotopic (exact) mass is 624 g/mol. The molecule has 0 radical (unpaired) electrons. The third kappa shape index (κ3) is 5.99. The van der Waals surface area contributed by atoms with Gasteiger partial charge in [0, 0.05) is 49.2 Å². The van der Waals surface area contributed by atoms with Crippen LogP contribution >= 0.6 is 0 Å². The van der Waals surface area contributed by atoms with Gasteiger partial charge in [0.05, 0.1) is 30.1 Å². The summed E-state index contributed by atoms with van der Waals surface area (Å²) in [5.41, 5.74) is 2.61. The summed E-state index contributed by atoms with van der Waals surface area (Å²) in [4.78, 5) is 65.9. The number of imide groups is 1. The van der Waals surface area contributed by atoms with Gasteiger partial charge in [-0.25, -0.2) is 29.7 Å². The lowest BCUT2D eigenvalue weighted by molar-refractivity contribution is -0.127. The number of urea groups is 1. The Hall–Kier alpha value is -4.98. The van der Waals surface area contributed by atoms with Gasteiger partial charge in [0.25, 0.3) is 5.91 Å². The van der Waals surface area contributed by atoms with Gasteiger partial charge in [-0.05, 0) is 63.6 Å². The second-order valence-electron chi connectivity index (χ2n) is 13.2. The van der Waals surface area contributed by atoms with E-state index >= 15 is 0 Å². The highest BCUT2D eigenvalue weighted by Gasteiger charge is 2.46. The number of carbonyl (C=O) groups excluding carboxylic acids is 3. The van der Waals surface area contributed by atoms with Crippen molar-refractivity contribution in [1.82, 2.24) is 34.2 Å². The van der Waals surface area contributed by atoms with E-state index < -0.39 is 11.6 Å². The number of carbonyl (C=O) groups is 3. The van der Waals surface area contributed by atoms with Gasteiger partial charge in [0.15, 0.2) is 5.65 Å². The first kappa shape index (κ1) is 29.7. The van der Waals surface area contributed by atoms with Gasteiger partial charge in [-0.2, -0.15) is 0 Å². The number of aryl methyl sites for hydroxylation is 1. The summed E-state index contributed by atoms with van der Waals surface area (Å²) in [6.07, 6.45) is 9.92. The van der Waals surface area contributed by atoms with Gasteiger partial charge < -0.3 is 19.7 Å². The first-order valence-electron chi connectivity index (χ1n) is 15.4. The minimum atomic E-state index is -1.21. The molecule has 0 aromatic carbocycles. The minimum absolute atomic E-state index is 0.00261. The zero-order valence-electron chi connectivity index (χ0n) is 26.2. The van der Waals surface area contributed by atoms with Crippen molar-refractivity contribution in [1.29, 1.82) is 0 Å². The first-order valence-corrected chi connectivity index (χ1v) is 15.4. The number of rotatable bonds is 10. The first-order chi connectivity index (χ1) is 21.9. The van der Waals surface area contributed by atoms with Gasteiger partial charge in [-0.3, -0.25) is 19.4 Å². The molecule has 0 bridgehead atoms. The molecule has 238 valence electrons. The van der Waals surface area contributed by atoms with E-state index in [9.17, 15) is 19.5 Å². The smallest absolute Gasteiger partial charge is 0.331 e. The predicted molar refractivity (Wildman–Crippen MR) is 168 cm³/mol. The van der Waals surface area contributed by atoms with E-state index in [2.05, 4.69) is 25.3 Å². The van der Waals surface area contributed by atoms with E-state index in [0.29, 0.717) is 47.7 Å². The summed E-state index contributed by atoms with van der Waals surface area (Å²) in [7, 11) is 1.87. The number of nitrogens with zero attached hydrogens (tertiary/aromatic N) is 9. The molecule has 1 saturated heterocycles. The van der Waals surface area contributed by atoms with Crippen LogP contribution in [-0.4, -0.2) is 82.9 Å². The fraction of sp³-hybridized carbons (Fsp3) is 0.438. The fourth-order valence-corrected chi connectivity index (χ4v) is 5.92. The molecule has 4 aromatic rings. The zero-order valence-corrected chi connectivity index (χ0v) is 26.2. The Balaban J connectivity index is 1.08. The highest BCUT2D eigenvalue weighted by molar-refractivity contribution is 6.13. The molecule has 0 spiro atoms. The highest BCUT2D eigenvalue weighted by Crippen LogP contribution is 2.46. The van der Waals surface area contributed by atoms with Crippen LogP contribution in [0, 0.1) is 12.8 Å². The number of hydrogen-bond acceptors (Lipinski definition) is 10. The Morgan fingerprint density at radius 3 is 2.67 bits per heavy atom. The predicted octanol–water partition coefficient (Wildman–Crippen LogP) is 3.02. The number of nitrogens with one attached hydrogen (secondary N) is 1. The van der Waals surface area contributed by atoms with Crippen molar-refractivity contribution < 1.29 is 19.5 Å². The average Bonchev–Trinajstić information content (AvgIpc) is 3.93. The van der Waals surface area contributed by atoms with Crippen LogP contribution in [0.1, 0.15) is 67.7 Å². The number of fused-ring (bicyclic) bond motifs is 1. The second kappa shape index (κ2) is 11.1. The maximum absolute atomic E-state index is 13.4. The van der Waals surface area contributed by atoms with Crippen molar-refractivity contribution in [3.63, 3.8) is 0 Å². The van der Waals surface area contributed by atoms with Crippen LogP contribution in [0.25, 0.3) is 5.65 Å². The van der Waals surface area contributed by atoms with Crippen molar-refractivity contribution in [3.8, 4) is 0 Å². The van der Waals surface area contributed by atoms with Gasteiger partial charge in [0.1, 0.15) is 30.3 Å². The third-order valence-electron chi connectivity index (χ3n) is 8.51. The van der Waals surface area contributed by atoms with Crippen LogP contribution in [0.2, 0.25) is 0 Å². The molecule has 2 saturated carbocycles. The summed E-state index contributed by atoms with van der Waals surface area (Å²) >= 11 is 0. The Morgan fingerprint density at radius 1 is 1.13 bits per heavy atom. The quantitative estimate of drug-likeness (QED) is 0.251. The number of β-amino-alcohol motifs (C(OH)–C–C–N with tert-alkyl or cyclic N) is 1. The van der Waals surface area contributed by atoms with Crippen molar-refractivity contribution in [2.75, 3.05) is 35.3 Å². The molecule has 3 fully saturated rings. The molecule has 2 atom stereocenters. The Kier molecular flexibility index (Phi) is 7.18. The standard InChI is InChI=1S/C32H36N10O4/c1-18-7-8-33-28(36-18)22-10-23(22)30(44)38-25-11-26(35-17-34-25)39(4)13-21-14-40-12-20(19-5-6-19)9-24(29(40)37-21)41-15-27(43)42(31(41)45)16-32(2,3)46/h7-9,11-12,14,17,19,22-23,46H,5-6,10,13,15-16H2,1-4H3,(H,34,35,38,44). The Morgan fingerprint density at radius 2 is 1.93 bits per heavy atom. The minimum Gasteiger partial charge on any atom is -0.389 e. The van der Waals surface area contributed by atoms with Crippen LogP contribution in [0.4, 0.5) is 22.1 Å². The summed E-state index contributed by atoms with van der Waals surface area (Å²) in [5, 5.41) is 13.2. The number of aromatic nitrogens is 6. The number of aliphatic hydroxyl groups is 1. The lowest BCUT2D eigenvalue weighted by atomic mass is 10.1. The number of hydrogen-bond donors (Lipinski definition) is 2. The molecule has 2 N–H and O–H groups in total. The van der Waals surface area contributed by atoms with Crippen LogP contribution in [-0.2, 0) is 16.1 Å². The molecular formula is C32H36N10O4. The molecule has 3 aliphatic rings. The van der Waals surface area contributed by atoms with E-state index in [1.165, 1.54) is 11.2 Å². The van der Waals surface area contributed by atoms with Crippen LogP contribution < -0.4 is 15.1 Å². The largest absolute Gasteiger partial charge is 0.389 e. The molecule has 46 heavy (non-hydrogen) atoms. The van der Waals surface area contributed by atoms with Gasteiger partial charge in [0.2, 0.25) is 5.91 Å². The summed E-state index contributed by atoms with van der Waals surface area (Å²) in [6.45, 7) is 5.22. The fourth-order valence-electron chi connectivity index (χ4n) is 5.92. The zero-order chi connectivity index (χ0) is 32.3. The number of pyridine rings is 1. The van der Waals surface area contributed by atoms with E-state index in [-0.39, 0.29) is 36.7 Å². The third-order valence-corrected chi connectivity index (χ3v) is 8.51. The van der Waals surface area contributed by atoms with E-state index in [0.717, 1.165) is 34.7 Å². The van der Waals surface area contributed by atoms with Crippen molar-refractivity contribution >= 4 is 40.8 Å². The molecule has 1 aliphatic heterocycles. The average molecular weight is 625 g/mol. The highest BCUT2D eigenvalue weighted by atomic mass is 16.3. The van der Waals surface area contributed by atoms with Crippen molar-refractivity contribution in [3.05, 3.63) is 65.9 Å². The summed E-state index contributed by atoms with van der Waals surface area (Å²) < 4.78 is 1.91. The molecule has 14 heteroatoms. The maximum Gasteiger partial charge on any atom is 0.331 e. The molecule has 5 heterocycles. The van der Waals surface area contributed by atoms with Crippen molar-refractivity contribution in [2.24, 2.45) is 5.92 Å². The van der Waals surface area contributed by atoms with Crippen LogP contribution in [0.15, 0.2) is 43.1 Å². The molecule has 2 aliphatic carbocycles. The van der Waals surface area contributed by atoms with Crippen LogP contribution in [0.3, 0.4) is 0 Å². The summed E-state index contributed by atoms with van der Waals surface area (Å²) in [5.74, 6) is 1.40. The van der Waals surface area contributed by atoms with Gasteiger partial charge in [-0.1, -0.05) is 0 Å². The number of anilines is 3. The molecule has 4 amide bonds. The van der Waals surface area contributed by atoms with Crippen LogP contribution in [0.5, 0.6) is 0 Å². The number of amides is 4. The summed E-state index contributed by atoms with van der Waals surface area (Å²) in [6, 6.07) is 5.04. The Labute approximate surface area is 265 Å². The topological polar surface area (TPSA) is 162 Å². The van der Waals surface area contributed by atoms with E-state index in [1.807, 2.05) is 47.8 Å². The van der Waals surface area contributed by atoms with Crippen molar-refractivity contribution in [2.45, 2.75) is 64.0 Å². The molecule has 7 rings (SSSR count). The SMILES string of the molecule is Cc1ccnc(C2CC2C(=O)Nc2cc(N(C)Cc3cn4cc(C5CC5)cc(N5CC(=O)N(CC(C)(C)O)C5=O)c4n3)ncn2)n1. The van der Waals surface area contributed by atoms with Gasteiger partial charge in [-0.15, -0.1) is 0 Å². The van der Waals surface area contributed by atoms with E-state index in [1.54, 1.807) is 26.1 Å². The molecule has 2 unspecified atom stereocenters. The lowest BCUT2D eigenvalue weighted by Crippen LogP contribution is -2.43. The van der Waals surface area contributed by atoms with Gasteiger partial charge >= 0.3 is 6.03 Å². The molecule has 4 aromatic heterocycles. The number of imidazole rings is 1. The normalized spacial score (nSPS) is 19.7. The maximum atomic E-state index is 13.4. The molecule has 14 nitrogen and oxygen atoms in total. The van der Waals surface area contributed by atoms with E-state index in [4.69, 9.17) is 4.98 Å². The second-order valence-corrected chi connectivity index (χ2v) is 13.2. The Bertz CT molecular complexity index is 1860. The molecular weight excluding hydrogens is 588 g/mol. The lowest BCUT2D eigenvalue weighted by Gasteiger charge is -2.24.